The van der Waals surface area contributed by atoms with Crippen molar-refractivity contribution in [3.63, 3.8) is 0 Å². The Hall–Kier alpha value is -4.15. The van der Waals surface area contributed by atoms with Crippen LogP contribution in [0.4, 0.5) is 0 Å². The fourth-order valence-electron chi connectivity index (χ4n) is 3.93. The molecule has 178 valence electrons. The van der Waals surface area contributed by atoms with Crippen molar-refractivity contribution in [3.8, 4) is 29.1 Å². The summed E-state index contributed by atoms with van der Waals surface area (Å²) < 4.78 is 21.9. The summed E-state index contributed by atoms with van der Waals surface area (Å²) >= 11 is 6.17. The first-order valence-corrected chi connectivity index (χ1v) is 11.1. The summed E-state index contributed by atoms with van der Waals surface area (Å²) in [5.41, 5.74) is 9.65. The van der Waals surface area contributed by atoms with Gasteiger partial charge in [0.25, 0.3) is 0 Å². The van der Waals surface area contributed by atoms with Crippen LogP contribution in [0.15, 0.2) is 66.1 Å². The van der Waals surface area contributed by atoms with Gasteiger partial charge >= 0.3 is 5.97 Å². The maximum absolute atomic E-state index is 12.4. The third kappa shape index (κ3) is 5.03. The Morgan fingerprint density at radius 1 is 1.06 bits per heavy atom. The van der Waals surface area contributed by atoms with Crippen LogP contribution in [0.5, 0.6) is 23.0 Å². The summed E-state index contributed by atoms with van der Waals surface area (Å²) in [7, 11) is 1.59. The van der Waals surface area contributed by atoms with Crippen LogP contribution in [0.25, 0.3) is 0 Å². The minimum atomic E-state index is -0.584. The van der Waals surface area contributed by atoms with Gasteiger partial charge < -0.3 is 24.7 Å². The molecule has 3 aromatic rings. The molecule has 7 nitrogen and oxygen atoms in total. The van der Waals surface area contributed by atoms with Crippen LogP contribution in [0.1, 0.15) is 28.2 Å². The summed E-state index contributed by atoms with van der Waals surface area (Å²) in [5.74, 6) is 0.878. The highest BCUT2D eigenvalue weighted by molar-refractivity contribution is 6.32. The molecule has 35 heavy (non-hydrogen) atoms. The van der Waals surface area contributed by atoms with Gasteiger partial charge in [-0.2, -0.15) is 5.26 Å². The minimum absolute atomic E-state index is 0.00102. The normalized spacial score (nSPS) is 14.4. The second-order valence-electron chi connectivity index (χ2n) is 8.03. The van der Waals surface area contributed by atoms with Gasteiger partial charge in [-0.25, -0.2) is 4.79 Å². The Bertz CT molecular complexity index is 1340. The van der Waals surface area contributed by atoms with E-state index in [9.17, 15) is 10.1 Å². The first-order chi connectivity index (χ1) is 16.8. The number of allylic oxidation sites excluding steroid dienone is 1. The maximum atomic E-state index is 12.4. The molecule has 0 saturated heterocycles. The number of ether oxygens (including phenoxy) is 4. The van der Waals surface area contributed by atoms with E-state index in [4.69, 9.17) is 36.3 Å². The maximum Gasteiger partial charge on any atom is 0.349 e. The predicted molar refractivity (Wildman–Crippen MR) is 131 cm³/mol. The van der Waals surface area contributed by atoms with E-state index in [1.807, 2.05) is 38.1 Å². The molecule has 0 amide bonds. The van der Waals surface area contributed by atoms with Crippen LogP contribution >= 0.6 is 11.6 Å². The fourth-order valence-corrected chi connectivity index (χ4v) is 4.04. The van der Waals surface area contributed by atoms with Gasteiger partial charge in [0.2, 0.25) is 5.88 Å². The van der Waals surface area contributed by atoms with E-state index in [2.05, 4.69) is 6.07 Å². The molecule has 1 unspecified atom stereocenters. The van der Waals surface area contributed by atoms with E-state index in [0.29, 0.717) is 27.8 Å². The van der Waals surface area contributed by atoms with Crippen LogP contribution < -0.4 is 24.7 Å². The zero-order valence-electron chi connectivity index (χ0n) is 19.4. The van der Waals surface area contributed by atoms with Gasteiger partial charge in [0.15, 0.2) is 6.61 Å². The number of carbonyl (C=O) groups is 1. The molecule has 8 heteroatoms. The molecular weight excluding hydrogens is 468 g/mol. The first kappa shape index (κ1) is 24.0. The Kier molecular flexibility index (Phi) is 6.85. The lowest BCUT2D eigenvalue weighted by Gasteiger charge is -2.26. The highest BCUT2D eigenvalue weighted by Gasteiger charge is 2.31. The van der Waals surface area contributed by atoms with Crippen LogP contribution in [0, 0.1) is 25.2 Å². The van der Waals surface area contributed by atoms with Gasteiger partial charge in [-0.1, -0.05) is 29.8 Å². The molecule has 3 aromatic carbocycles. The number of carbonyl (C=O) groups excluding carboxylic acids is 1. The van der Waals surface area contributed by atoms with Crippen molar-refractivity contribution in [2.45, 2.75) is 19.8 Å². The number of methoxy groups -OCH3 is 1. The molecule has 0 saturated carbocycles. The Morgan fingerprint density at radius 3 is 2.34 bits per heavy atom. The second-order valence-corrected chi connectivity index (χ2v) is 8.41. The van der Waals surface area contributed by atoms with Gasteiger partial charge in [0.05, 0.1) is 13.0 Å². The topological polar surface area (TPSA) is 104 Å². The van der Waals surface area contributed by atoms with E-state index in [0.717, 1.165) is 22.3 Å². The number of hydrogen-bond donors (Lipinski definition) is 1. The lowest BCUT2D eigenvalue weighted by Crippen LogP contribution is -2.21. The zero-order valence-corrected chi connectivity index (χ0v) is 20.2. The standard InChI is InChI=1S/C27H23ClN2O5/c1-15-10-20(11-16(2)26(15)28)33-14-24(31)34-19-8-9-21-23(12-19)35-27(30)22(13-29)25(21)17-4-6-18(32-3)7-5-17/h4-12,25H,14,30H2,1-3H3. The highest BCUT2D eigenvalue weighted by Crippen LogP contribution is 2.43. The van der Waals surface area contributed by atoms with Crippen molar-refractivity contribution in [2.75, 3.05) is 13.7 Å². The van der Waals surface area contributed by atoms with Crippen LogP contribution in [-0.4, -0.2) is 19.7 Å². The number of fused-ring (bicyclic) bond motifs is 1. The lowest BCUT2D eigenvalue weighted by molar-refractivity contribution is -0.136. The molecule has 1 aliphatic rings. The molecule has 0 bridgehead atoms. The van der Waals surface area contributed by atoms with Crippen LogP contribution in [0.3, 0.4) is 0 Å². The highest BCUT2D eigenvalue weighted by atomic mass is 35.5. The average Bonchev–Trinajstić information content (AvgIpc) is 2.85. The van der Waals surface area contributed by atoms with E-state index >= 15 is 0 Å². The number of hydrogen-bond acceptors (Lipinski definition) is 7. The Morgan fingerprint density at radius 2 is 1.71 bits per heavy atom. The molecule has 1 atom stereocenters. The summed E-state index contributed by atoms with van der Waals surface area (Å²) in [5, 5.41) is 10.4. The molecule has 1 aliphatic heterocycles. The molecule has 1 heterocycles. The fraction of sp³-hybridized carbons (Fsp3) is 0.185. The summed E-state index contributed by atoms with van der Waals surface area (Å²) in [4.78, 5) is 12.4. The van der Waals surface area contributed by atoms with E-state index < -0.39 is 11.9 Å². The SMILES string of the molecule is COc1ccc(C2C(C#N)=C(N)Oc3cc(OC(=O)COc4cc(C)c(Cl)c(C)c4)ccc32)cc1. The number of halogens is 1. The molecule has 4 rings (SSSR count). The van der Waals surface area contributed by atoms with Gasteiger partial charge in [-0.3, -0.25) is 0 Å². The summed E-state index contributed by atoms with van der Waals surface area (Å²) in [6.45, 7) is 3.45. The first-order valence-electron chi connectivity index (χ1n) is 10.8. The van der Waals surface area contributed by atoms with Gasteiger partial charge in [0.1, 0.15) is 34.6 Å². The number of aryl methyl sites for hydroxylation is 2. The third-order valence-corrected chi connectivity index (χ3v) is 6.23. The number of rotatable bonds is 6. The lowest BCUT2D eigenvalue weighted by atomic mass is 9.83. The van der Waals surface area contributed by atoms with Crippen LogP contribution in [0.2, 0.25) is 5.02 Å². The average molecular weight is 491 g/mol. The quantitative estimate of drug-likeness (QED) is 0.375. The molecule has 0 aromatic heterocycles. The number of nitrogens with two attached hydrogens (primary N) is 1. The van der Waals surface area contributed by atoms with Crippen molar-refractivity contribution in [2.24, 2.45) is 5.73 Å². The molecule has 0 spiro atoms. The monoisotopic (exact) mass is 490 g/mol. The molecule has 0 radical (unpaired) electrons. The Balaban J connectivity index is 1.53. The predicted octanol–water partition coefficient (Wildman–Crippen LogP) is 5.17. The smallest absolute Gasteiger partial charge is 0.349 e. The molecular formula is C27H23ClN2O5. The second kappa shape index (κ2) is 10.00. The number of nitriles is 1. The Labute approximate surface area is 208 Å². The van der Waals surface area contributed by atoms with E-state index in [-0.39, 0.29) is 18.2 Å². The number of esters is 1. The van der Waals surface area contributed by atoms with Gasteiger partial charge in [-0.05, 0) is 60.9 Å². The largest absolute Gasteiger partial charge is 0.497 e. The molecule has 0 fully saturated rings. The van der Waals surface area contributed by atoms with Crippen molar-refractivity contribution in [1.29, 1.82) is 5.26 Å². The summed E-state index contributed by atoms with van der Waals surface area (Å²) in [6, 6.07) is 18.0. The van der Waals surface area contributed by atoms with Crippen molar-refractivity contribution in [3.05, 3.63) is 93.3 Å². The number of nitrogens with zero attached hydrogens (tertiary/aromatic N) is 1. The van der Waals surface area contributed by atoms with Gasteiger partial charge in [0, 0.05) is 16.7 Å². The van der Waals surface area contributed by atoms with Gasteiger partial charge in [-0.15, -0.1) is 0 Å². The van der Waals surface area contributed by atoms with Crippen molar-refractivity contribution < 1.29 is 23.7 Å². The third-order valence-electron chi connectivity index (χ3n) is 5.64. The molecule has 0 aliphatic carbocycles. The van der Waals surface area contributed by atoms with Crippen molar-refractivity contribution >= 4 is 17.6 Å². The minimum Gasteiger partial charge on any atom is -0.497 e. The van der Waals surface area contributed by atoms with E-state index in [1.165, 1.54) is 0 Å². The summed E-state index contributed by atoms with van der Waals surface area (Å²) in [6.07, 6.45) is 0. The van der Waals surface area contributed by atoms with Crippen molar-refractivity contribution in [1.82, 2.24) is 0 Å². The zero-order chi connectivity index (χ0) is 25.1. The van der Waals surface area contributed by atoms with Crippen LogP contribution in [-0.2, 0) is 4.79 Å². The molecule has 2 N–H and O–H groups in total. The van der Waals surface area contributed by atoms with E-state index in [1.54, 1.807) is 37.4 Å². The number of benzene rings is 3.